The fourth-order valence-electron chi connectivity index (χ4n) is 2.25. The molecule has 2 unspecified atom stereocenters. The lowest BCUT2D eigenvalue weighted by Crippen LogP contribution is -2.34. The van der Waals surface area contributed by atoms with Gasteiger partial charge in [-0.15, -0.1) is 0 Å². The van der Waals surface area contributed by atoms with Crippen molar-refractivity contribution in [3.63, 3.8) is 0 Å². The van der Waals surface area contributed by atoms with Gasteiger partial charge in [0.25, 0.3) is 0 Å². The first-order chi connectivity index (χ1) is 8.91. The largest absolute Gasteiger partial charge is 0.490 e. The van der Waals surface area contributed by atoms with Crippen LogP contribution in [0.1, 0.15) is 45.3 Å². The summed E-state index contributed by atoms with van der Waals surface area (Å²) in [5, 5.41) is 10.4. The second kappa shape index (κ2) is 5.51. The van der Waals surface area contributed by atoms with Crippen molar-refractivity contribution in [1.82, 2.24) is 0 Å². The molecule has 0 heterocycles. The molecule has 1 aliphatic rings. The van der Waals surface area contributed by atoms with Crippen LogP contribution in [0.2, 0.25) is 0 Å². The number of rotatable bonds is 5. The van der Waals surface area contributed by atoms with Crippen molar-refractivity contribution in [3.05, 3.63) is 29.8 Å². The van der Waals surface area contributed by atoms with Gasteiger partial charge in [0.1, 0.15) is 11.9 Å². The van der Waals surface area contributed by atoms with E-state index in [1.165, 1.54) is 0 Å². The van der Waals surface area contributed by atoms with E-state index in [2.05, 4.69) is 20.8 Å². The van der Waals surface area contributed by atoms with Gasteiger partial charge in [-0.3, -0.25) is 0 Å². The van der Waals surface area contributed by atoms with Crippen LogP contribution in [0.4, 0.5) is 0 Å². The molecule has 3 heteroatoms. The Morgan fingerprint density at radius 3 is 2.16 bits per heavy atom. The van der Waals surface area contributed by atoms with Gasteiger partial charge in [-0.25, -0.2) is 0 Å². The third-order valence-electron chi connectivity index (χ3n) is 3.44. The van der Waals surface area contributed by atoms with Crippen molar-refractivity contribution < 1.29 is 14.6 Å². The minimum Gasteiger partial charge on any atom is -0.490 e. The van der Waals surface area contributed by atoms with Gasteiger partial charge in [-0.2, -0.15) is 0 Å². The van der Waals surface area contributed by atoms with E-state index in [1.807, 2.05) is 24.3 Å². The maximum atomic E-state index is 10.4. The Kier molecular flexibility index (Phi) is 4.16. The van der Waals surface area contributed by atoms with E-state index in [0.717, 1.165) is 24.2 Å². The first-order valence-electron chi connectivity index (χ1n) is 6.89. The standard InChI is InChI=1S/C16H24O3/c1-16(2,3)15(18-4)14(17)11-5-7-12(8-6-11)19-13-9-10-13/h5-8,13-15,17H,9-10H2,1-4H3. The smallest absolute Gasteiger partial charge is 0.119 e. The van der Waals surface area contributed by atoms with Gasteiger partial charge in [0.15, 0.2) is 0 Å². The third-order valence-corrected chi connectivity index (χ3v) is 3.44. The topological polar surface area (TPSA) is 38.7 Å². The minimum atomic E-state index is -0.625. The van der Waals surface area contributed by atoms with Crippen molar-refractivity contribution in [2.75, 3.05) is 7.11 Å². The molecule has 0 aromatic heterocycles. The van der Waals surface area contributed by atoms with E-state index >= 15 is 0 Å². The average Bonchev–Trinajstić information content (AvgIpc) is 3.13. The SMILES string of the molecule is COC(C(O)c1ccc(OC2CC2)cc1)C(C)(C)C. The number of aliphatic hydroxyl groups excluding tert-OH is 1. The predicted molar refractivity (Wildman–Crippen MR) is 75.3 cm³/mol. The van der Waals surface area contributed by atoms with Crippen LogP contribution >= 0.6 is 0 Å². The van der Waals surface area contributed by atoms with E-state index in [9.17, 15) is 5.11 Å². The summed E-state index contributed by atoms with van der Waals surface area (Å²) >= 11 is 0. The molecule has 1 aromatic carbocycles. The summed E-state index contributed by atoms with van der Waals surface area (Å²) < 4.78 is 11.2. The summed E-state index contributed by atoms with van der Waals surface area (Å²) in [6, 6.07) is 7.68. The maximum absolute atomic E-state index is 10.4. The molecule has 3 nitrogen and oxygen atoms in total. The second-order valence-electron chi connectivity index (χ2n) is 6.35. The van der Waals surface area contributed by atoms with Crippen molar-refractivity contribution in [3.8, 4) is 5.75 Å². The molecular formula is C16H24O3. The molecule has 106 valence electrons. The van der Waals surface area contributed by atoms with Crippen LogP contribution in [0.15, 0.2) is 24.3 Å². The molecule has 1 saturated carbocycles. The van der Waals surface area contributed by atoms with E-state index in [0.29, 0.717) is 6.10 Å². The minimum absolute atomic E-state index is 0.114. The lowest BCUT2D eigenvalue weighted by Gasteiger charge is -2.33. The maximum Gasteiger partial charge on any atom is 0.119 e. The highest BCUT2D eigenvalue weighted by atomic mass is 16.5. The van der Waals surface area contributed by atoms with Crippen LogP contribution in [0.25, 0.3) is 0 Å². The summed E-state index contributed by atoms with van der Waals surface area (Å²) in [7, 11) is 1.64. The first kappa shape index (κ1) is 14.4. The molecule has 2 atom stereocenters. The predicted octanol–water partition coefficient (Wildman–Crippen LogP) is 3.32. The summed E-state index contributed by atoms with van der Waals surface area (Å²) in [6.45, 7) is 6.19. The van der Waals surface area contributed by atoms with Crippen molar-refractivity contribution >= 4 is 0 Å². The Hall–Kier alpha value is -1.06. The molecule has 1 aromatic rings. The summed E-state index contributed by atoms with van der Waals surface area (Å²) in [6.07, 6.45) is 1.85. The monoisotopic (exact) mass is 264 g/mol. The van der Waals surface area contributed by atoms with Gasteiger partial charge in [0, 0.05) is 7.11 Å². The third kappa shape index (κ3) is 3.71. The second-order valence-corrected chi connectivity index (χ2v) is 6.35. The van der Waals surface area contributed by atoms with E-state index in [1.54, 1.807) is 7.11 Å². The average molecular weight is 264 g/mol. The molecule has 0 amide bonds. The van der Waals surface area contributed by atoms with Gasteiger partial charge in [-0.05, 0) is 36.0 Å². The molecule has 0 radical (unpaired) electrons. The van der Waals surface area contributed by atoms with Crippen LogP contribution < -0.4 is 4.74 Å². The van der Waals surface area contributed by atoms with Gasteiger partial charge in [0.05, 0.1) is 12.2 Å². The van der Waals surface area contributed by atoms with E-state index in [4.69, 9.17) is 9.47 Å². The fraction of sp³-hybridized carbons (Fsp3) is 0.625. The Labute approximate surface area is 115 Å². The first-order valence-corrected chi connectivity index (χ1v) is 6.89. The van der Waals surface area contributed by atoms with Gasteiger partial charge in [0.2, 0.25) is 0 Å². The molecule has 0 bridgehead atoms. The van der Waals surface area contributed by atoms with E-state index in [-0.39, 0.29) is 11.5 Å². The van der Waals surface area contributed by atoms with Crippen LogP contribution in [0, 0.1) is 5.41 Å². The zero-order chi connectivity index (χ0) is 14.0. The van der Waals surface area contributed by atoms with Crippen molar-refractivity contribution in [2.24, 2.45) is 5.41 Å². The van der Waals surface area contributed by atoms with Gasteiger partial charge < -0.3 is 14.6 Å². The summed E-state index contributed by atoms with van der Waals surface area (Å²) in [5.41, 5.74) is 0.752. The fourth-order valence-corrected chi connectivity index (χ4v) is 2.25. The normalized spacial score (nSPS) is 19.0. The van der Waals surface area contributed by atoms with E-state index < -0.39 is 6.10 Å². The number of aliphatic hydroxyl groups is 1. The number of benzene rings is 1. The Morgan fingerprint density at radius 2 is 1.74 bits per heavy atom. The number of ether oxygens (including phenoxy) is 2. The zero-order valence-electron chi connectivity index (χ0n) is 12.2. The van der Waals surface area contributed by atoms with Crippen LogP contribution in [-0.2, 0) is 4.74 Å². The molecule has 2 rings (SSSR count). The van der Waals surface area contributed by atoms with Crippen molar-refractivity contribution in [2.45, 2.75) is 51.9 Å². The zero-order valence-corrected chi connectivity index (χ0v) is 12.2. The van der Waals surface area contributed by atoms with Crippen LogP contribution in [-0.4, -0.2) is 24.4 Å². The molecule has 1 N–H and O–H groups in total. The molecule has 0 spiro atoms. The highest BCUT2D eigenvalue weighted by Gasteiger charge is 2.32. The number of hydrogen-bond donors (Lipinski definition) is 1. The van der Waals surface area contributed by atoms with Crippen LogP contribution in [0.5, 0.6) is 5.75 Å². The molecule has 1 aliphatic carbocycles. The Bertz CT molecular complexity index is 401. The molecule has 0 aliphatic heterocycles. The molecule has 19 heavy (non-hydrogen) atoms. The summed E-state index contributed by atoms with van der Waals surface area (Å²) in [4.78, 5) is 0. The number of methoxy groups -OCH3 is 1. The lowest BCUT2D eigenvalue weighted by molar-refractivity contribution is -0.0724. The highest BCUT2D eigenvalue weighted by Crippen LogP contribution is 2.33. The quantitative estimate of drug-likeness (QED) is 0.886. The Morgan fingerprint density at radius 1 is 1.16 bits per heavy atom. The lowest BCUT2D eigenvalue weighted by atomic mass is 9.83. The Balaban J connectivity index is 2.07. The molecule has 0 saturated heterocycles. The van der Waals surface area contributed by atoms with Gasteiger partial charge >= 0.3 is 0 Å². The molecular weight excluding hydrogens is 240 g/mol. The van der Waals surface area contributed by atoms with Crippen molar-refractivity contribution in [1.29, 1.82) is 0 Å². The molecule has 1 fully saturated rings. The van der Waals surface area contributed by atoms with Crippen LogP contribution in [0.3, 0.4) is 0 Å². The highest BCUT2D eigenvalue weighted by molar-refractivity contribution is 5.29. The summed E-state index contributed by atoms with van der Waals surface area (Å²) in [5.74, 6) is 0.878. The number of hydrogen-bond acceptors (Lipinski definition) is 3. The van der Waals surface area contributed by atoms with Gasteiger partial charge in [-0.1, -0.05) is 32.9 Å².